The Bertz CT molecular complexity index is 2470. The van der Waals surface area contributed by atoms with E-state index in [0.717, 1.165) is 10.9 Å². The van der Waals surface area contributed by atoms with Crippen LogP contribution in [0.4, 0.5) is 26.3 Å². The molecule has 0 fully saturated rings. The van der Waals surface area contributed by atoms with E-state index in [0.29, 0.717) is 10.9 Å². The van der Waals surface area contributed by atoms with Crippen molar-refractivity contribution in [2.24, 2.45) is 21.3 Å². The number of carbonyl (C=O) groups excluding carboxylic acids is 2. The summed E-state index contributed by atoms with van der Waals surface area (Å²) in [5.41, 5.74) is 9.79. The van der Waals surface area contributed by atoms with Gasteiger partial charge in [0.1, 0.15) is 11.4 Å². The van der Waals surface area contributed by atoms with Crippen molar-refractivity contribution in [3.8, 4) is 0 Å². The lowest BCUT2D eigenvalue weighted by Gasteiger charge is -2.18. The standard InChI is InChI=1S/2C24H20BF3N2O/c1-17(21(23(29)24(26,27)28)22(31)18-11-5-2-6-12-18)30-25(19-13-7-3-8-14-19)20-15-9-4-10-16-20;1-17(29)21(22(31)18-11-5-2-6-12-18)23(24(26,27)28)30-25(19-13-7-3-8-14-19)20-15-9-4-10-16-20/h2*2-16H,29H2,1H3/b23-21+,30-17+;21-17-,30-23-. The Morgan fingerprint density at radius 2 is 0.726 bits per heavy atom. The molecule has 6 rings (SSSR count). The van der Waals surface area contributed by atoms with Gasteiger partial charge in [-0.3, -0.25) is 9.59 Å². The number of Topliss-reactive ketones (excluding diaryl/α,β-unsaturated/α-hetero) is 2. The lowest BCUT2D eigenvalue weighted by atomic mass is 9.51. The minimum Gasteiger partial charge on any atom is -0.402 e. The highest BCUT2D eigenvalue weighted by Gasteiger charge is 2.42. The first-order valence-electron chi connectivity index (χ1n) is 19.2. The van der Waals surface area contributed by atoms with E-state index in [1.165, 1.54) is 38.1 Å². The maximum absolute atomic E-state index is 14.2. The van der Waals surface area contributed by atoms with Crippen molar-refractivity contribution >= 4 is 58.5 Å². The number of halogens is 6. The SMILES string of the molecule is C/C(N)=C(C(=O)c1ccccc1)/C(=N/B(c1ccccc1)c1ccccc1)C(F)(F)F.CC(=N\B(c1ccccc1)c1ccccc1)/C(C(=O)c1ccccc1)=C(\N)C(F)(F)F. The summed E-state index contributed by atoms with van der Waals surface area (Å²) in [4.78, 5) is 34.7. The molecule has 4 N–H and O–H groups in total. The fourth-order valence-corrected chi connectivity index (χ4v) is 6.46. The van der Waals surface area contributed by atoms with Crippen LogP contribution >= 0.6 is 0 Å². The fraction of sp³-hybridized carbons (Fsp3) is 0.0833. The van der Waals surface area contributed by atoms with Crippen molar-refractivity contribution in [3.63, 3.8) is 0 Å². The highest BCUT2D eigenvalue weighted by Crippen LogP contribution is 2.28. The topological polar surface area (TPSA) is 111 Å². The number of hydrogen-bond acceptors (Lipinski definition) is 6. The number of hydrogen-bond donors (Lipinski definition) is 2. The zero-order valence-corrected chi connectivity index (χ0v) is 33.6. The third-order valence-corrected chi connectivity index (χ3v) is 9.40. The molecular formula is C48H40B2F6N4O2. The molecule has 0 aromatic heterocycles. The van der Waals surface area contributed by atoms with Gasteiger partial charge in [-0.1, -0.05) is 182 Å². The number of nitrogens with two attached hydrogens (primary N) is 2. The fourth-order valence-electron chi connectivity index (χ4n) is 6.46. The molecule has 0 atom stereocenters. The molecule has 0 saturated carbocycles. The summed E-state index contributed by atoms with van der Waals surface area (Å²) in [6.07, 6.45) is -9.76. The van der Waals surface area contributed by atoms with Crippen LogP contribution in [0.3, 0.4) is 0 Å². The summed E-state index contributed by atoms with van der Waals surface area (Å²) < 4.78 is 83.3. The van der Waals surface area contributed by atoms with Gasteiger partial charge in [0, 0.05) is 22.5 Å². The van der Waals surface area contributed by atoms with Crippen LogP contribution in [-0.4, -0.2) is 49.0 Å². The van der Waals surface area contributed by atoms with Crippen LogP contribution in [0.1, 0.15) is 34.6 Å². The zero-order chi connectivity index (χ0) is 44.9. The molecule has 6 aromatic carbocycles. The van der Waals surface area contributed by atoms with E-state index in [1.54, 1.807) is 97.1 Å². The predicted molar refractivity (Wildman–Crippen MR) is 238 cm³/mol. The lowest BCUT2D eigenvalue weighted by Crippen LogP contribution is -2.44. The Morgan fingerprint density at radius 1 is 0.435 bits per heavy atom. The molecule has 0 heterocycles. The molecule has 0 aliphatic carbocycles. The second-order valence-corrected chi connectivity index (χ2v) is 13.9. The first kappa shape index (κ1) is 45.9. The van der Waals surface area contributed by atoms with Crippen molar-refractivity contribution in [2.45, 2.75) is 26.2 Å². The summed E-state index contributed by atoms with van der Waals surface area (Å²) in [5, 5.41) is 0. The van der Waals surface area contributed by atoms with Crippen molar-refractivity contribution in [3.05, 3.63) is 216 Å². The Morgan fingerprint density at radius 3 is 1.02 bits per heavy atom. The third kappa shape index (κ3) is 12.0. The molecular weight excluding hydrogens is 800 g/mol. The van der Waals surface area contributed by atoms with Gasteiger partial charge in [0.15, 0.2) is 11.6 Å². The van der Waals surface area contributed by atoms with Crippen LogP contribution in [0.25, 0.3) is 0 Å². The quantitative estimate of drug-likeness (QED) is 0.0431. The number of ketones is 2. The number of benzene rings is 6. The number of nitrogens with zero attached hydrogens (tertiary/aromatic N) is 2. The van der Waals surface area contributed by atoms with Crippen LogP contribution in [-0.2, 0) is 0 Å². The van der Waals surface area contributed by atoms with Gasteiger partial charge in [-0.15, -0.1) is 0 Å². The maximum atomic E-state index is 14.2. The first-order valence-corrected chi connectivity index (χ1v) is 19.2. The molecule has 312 valence electrons. The van der Waals surface area contributed by atoms with Gasteiger partial charge < -0.3 is 21.3 Å². The number of allylic oxidation sites excluding steroid dienone is 4. The summed E-state index contributed by atoms with van der Waals surface area (Å²) in [6, 6.07) is 51.1. The van der Waals surface area contributed by atoms with Gasteiger partial charge in [-0.2, -0.15) is 26.3 Å². The van der Waals surface area contributed by atoms with Gasteiger partial charge in [0.25, 0.3) is 0 Å². The van der Waals surface area contributed by atoms with Crippen LogP contribution < -0.4 is 33.3 Å². The monoisotopic (exact) mass is 840 g/mol. The average Bonchev–Trinajstić information content (AvgIpc) is 3.28. The van der Waals surface area contributed by atoms with Gasteiger partial charge in [0.2, 0.25) is 0 Å². The Labute approximate surface area is 356 Å². The smallest absolute Gasteiger partial charge is 0.402 e. The molecule has 0 spiro atoms. The summed E-state index contributed by atoms with van der Waals surface area (Å²) in [7, 11) is 0. The Kier molecular flexibility index (Phi) is 15.4. The van der Waals surface area contributed by atoms with Crippen LogP contribution in [0.5, 0.6) is 0 Å². The highest BCUT2D eigenvalue weighted by molar-refractivity contribution is 6.85. The van der Waals surface area contributed by atoms with Crippen molar-refractivity contribution in [1.29, 1.82) is 0 Å². The molecule has 0 radical (unpaired) electrons. The molecule has 0 amide bonds. The van der Waals surface area contributed by atoms with E-state index < -0.39 is 60.2 Å². The largest absolute Gasteiger partial charge is 0.432 e. The van der Waals surface area contributed by atoms with Gasteiger partial charge in [-0.25, -0.2) is 0 Å². The first-order chi connectivity index (χ1) is 29.6. The van der Waals surface area contributed by atoms with E-state index in [4.69, 9.17) is 11.5 Å². The van der Waals surface area contributed by atoms with E-state index in [9.17, 15) is 35.9 Å². The second-order valence-electron chi connectivity index (χ2n) is 13.9. The minimum atomic E-state index is -4.89. The van der Waals surface area contributed by atoms with Crippen LogP contribution in [0, 0.1) is 0 Å². The third-order valence-electron chi connectivity index (χ3n) is 9.40. The number of alkyl halides is 6. The molecule has 6 aromatic rings. The zero-order valence-electron chi connectivity index (χ0n) is 33.6. The molecule has 14 heteroatoms. The van der Waals surface area contributed by atoms with Gasteiger partial charge in [0.05, 0.1) is 11.1 Å². The Hall–Kier alpha value is -7.21. The second kappa shape index (κ2) is 20.9. The van der Waals surface area contributed by atoms with E-state index >= 15 is 0 Å². The predicted octanol–water partition coefficient (Wildman–Crippen LogP) is 7.82. The van der Waals surface area contributed by atoms with Crippen LogP contribution in [0.2, 0.25) is 0 Å². The molecule has 0 saturated heterocycles. The average molecular weight is 840 g/mol. The lowest BCUT2D eigenvalue weighted by molar-refractivity contribution is -0.0931. The Balaban J connectivity index is 0.000000234. The summed E-state index contributed by atoms with van der Waals surface area (Å²) in [6.45, 7) is 1.10. The van der Waals surface area contributed by atoms with Crippen molar-refractivity contribution in [1.82, 2.24) is 0 Å². The van der Waals surface area contributed by atoms with Crippen molar-refractivity contribution in [2.75, 3.05) is 0 Å². The minimum absolute atomic E-state index is 0.0821. The number of carbonyl (C=O) groups is 2. The normalized spacial score (nSPS) is 12.8. The molecule has 6 nitrogen and oxygen atoms in total. The van der Waals surface area contributed by atoms with Crippen molar-refractivity contribution < 1.29 is 35.9 Å². The van der Waals surface area contributed by atoms with E-state index in [1.807, 2.05) is 60.7 Å². The molecule has 0 aliphatic heterocycles. The molecule has 62 heavy (non-hydrogen) atoms. The van der Waals surface area contributed by atoms with Gasteiger partial charge in [-0.05, 0) is 35.7 Å². The van der Waals surface area contributed by atoms with E-state index in [2.05, 4.69) is 9.81 Å². The summed E-state index contributed by atoms with van der Waals surface area (Å²) in [5.74, 6) is -1.65. The molecule has 0 bridgehead atoms. The maximum Gasteiger partial charge on any atom is 0.432 e. The highest BCUT2D eigenvalue weighted by atomic mass is 19.4. The van der Waals surface area contributed by atoms with E-state index in [-0.39, 0.29) is 22.5 Å². The van der Waals surface area contributed by atoms with Crippen LogP contribution in [0.15, 0.2) is 214 Å². The number of rotatable bonds is 12. The molecule has 0 aliphatic rings. The molecule has 0 unspecified atom stereocenters. The van der Waals surface area contributed by atoms with Gasteiger partial charge >= 0.3 is 26.0 Å². The summed E-state index contributed by atoms with van der Waals surface area (Å²) >= 11 is 0.